The van der Waals surface area contributed by atoms with Gasteiger partial charge >= 0.3 is 0 Å². The highest BCUT2D eigenvalue weighted by Gasteiger charge is 2.12. The molecule has 1 unspecified atom stereocenters. The Morgan fingerprint density at radius 2 is 1.38 bits per heavy atom. The zero-order valence-electron chi connectivity index (χ0n) is 16.7. The van der Waals surface area contributed by atoms with E-state index in [1.165, 1.54) is 36.0 Å². The van der Waals surface area contributed by atoms with Gasteiger partial charge in [-0.15, -0.1) is 0 Å². The van der Waals surface area contributed by atoms with Crippen molar-refractivity contribution in [3.63, 3.8) is 0 Å². The Balaban J connectivity index is 0.00000139. The van der Waals surface area contributed by atoms with Crippen LogP contribution in [0.5, 0.6) is 0 Å². The predicted molar refractivity (Wildman–Crippen MR) is 109 cm³/mol. The summed E-state index contributed by atoms with van der Waals surface area (Å²) in [5.41, 5.74) is 5.66. The molecule has 132 valence electrons. The van der Waals surface area contributed by atoms with Crippen LogP contribution in [0.25, 0.3) is 0 Å². The maximum Gasteiger partial charge on any atom is 0.00271 e. The maximum absolute atomic E-state index is 3.38. The van der Waals surface area contributed by atoms with Crippen LogP contribution in [0, 0.1) is 23.7 Å². The van der Waals surface area contributed by atoms with E-state index in [0.717, 1.165) is 31.1 Å². The Morgan fingerprint density at radius 1 is 0.792 bits per heavy atom. The van der Waals surface area contributed by atoms with Gasteiger partial charge in [-0.3, -0.25) is 0 Å². The molecule has 0 bridgehead atoms. The summed E-state index contributed by atoms with van der Waals surface area (Å²) < 4.78 is 0. The van der Waals surface area contributed by atoms with E-state index in [9.17, 15) is 0 Å². The van der Waals surface area contributed by atoms with Crippen molar-refractivity contribution in [2.24, 2.45) is 11.8 Å². The van der Waals surface area contributed by atoms with Gasteiger partial charge in [0.1, 0.15) is 0 Å². The predicted octanol–water partition coefficient (Wildman–Crippen LogP) is 7.40. The van der Waals surface area contributed by atoms with E-state index in [4.69, 9.17) is 0 Å². The highest BCUT2D eigenvalue weighted by atomic mass is 14.2. The van der Waals surface area contributed by atoms with Crippen LogP contribution in [0.4, 0.5) is 0 Å². The fraction of sp³-hybridized carbons (Fsp3) is 0.583. The quantitative estimate of drug-likeness (QED) is 0.472. The van der Waals surface area contributed by atoms with Crippen LogP contribution in [-0.4, -0.2) is 0 Å². The first-order valence-corrected chi connectivity index (χ1v) is 9.82. The summed E-state index contributed by atoms with van der Waals surface area (Å²) >= 11 is 0. The van der Waals surface area contributed by atoms with E-state index in [0.29, 0.717) is 0 Å². The molecule has 0 N–H and O–H groups in total. The van der Waals surface area contributed by atoms with Crippen LogP contribution in [-0.2, 0) is 0 Å². The number of hydrogen-bond donors (Lipinski definition) is 0. The average molecular weight is 325 g/mol. The van der Waals surface area contributed by atoms with Gasteiger partial charge in [-0.05, 0) is 50.9 Å². The van der Waals surface area contributed by atoms with Gasteiger partial charge in [-0.2, -0.15) is 0 Å². The van der Waals surface area contributed by atoms with Crippen LogP contribution in [0.3, 0.4) is 0 Å². The van der Waals surface area contributed by atoms with Crippen LogP contribution in [0.2, 0.25) is 0 Å². The third-order valence-electron chi connectivity index (χ3n) is 4.73. The van der Waals surface area contributed by atoms with Gasteiger partial charge in [0.15, 0.2) is 0 Å². The summed E-state index contributed by atoms with van der Waals surface area (Å²) in [7, 11) is 0. The van der Waals surface area contributed by atoms with Crippen LogP contribution in [0.1, 0.15) is 80.1 Å². The third kappa shape index (κ3) is 7.39. The Hall–Kier alpha value is -1.48. The lowest BCUT2D eigenvalue weighted by Crippen LogP contribution is -2.04. The fourth-order valence-corrected chi connectivity index (χ4v) is 2.94. The fourth-order valence-electron chi connectivity index (χ4n) is 2.94. The minimum absolute atomic E-state index is 0.724. The monoisotopic (exact) mass is 324 g/mol. The molecule has 2 rings (SSSR count). The SMILES string of the molecule is CC.CC1=CC=C(C#CC2=CC=C(C(C)CCC(C)C)CC2)CC1. The van der Waals surface area contributed by atoms with Gasteiger partial charge in [0.25, 0.3) is 0 Å². The molecule has 0 heteroatoms. The molecule has 0 fully saturated rings. The van der Waals surface area contributed by atoms with E-state index < -0.39 is 0 Å². The molecule has 0 radical (unpaired) electrons. The Labute approximate surface area is 150 Å². The van der Waals surface area contributed by atoms with Crippen molar-refractivity contribution in [1.82, 2.24) is 0 Å². The molecule has 0 heterocycles. The molecule has 0 saturated heterocycles. The number of hydrogen-bond acceptors (Lipinski definition) is 0. The lowest BCUT2D eigenvalue weighted by atomic mass is 9.86. The highest BCUT2D eigenvalue weighted by Crippen LogP contribution is 2.28. The molecule has 0 aromatic carbocycles. The smallest absolute Gasteiger partial charge is 0.00271 e. The maximum atomic E-state index is 3.38. The molecule has 0 nitrogen and oxygen atoms in total. The van der Waals surface area contributed by atoms with Gasteiger partial charge in [0, 0.05) is 11.1 Å². The summed E-state index contributed by atoms with van der Waals surface area (Å²) in [5.74, 6) is 8.28. The van der Waals surface area contributed by atoms with Crippen molar-refractivity contribution in [2.75, 3.05) is 0 Å². The van der Waals surface area contributed by atoms with Crippen molar-refractivity contribution >= 4 is 0 Å². The van der Waals surface area contributed by atoms with Crippen LogP contribution < -0.4 is 0 Å². The molecule has 0 aliphatic heterocycles. The van der Waals surface area contributed by atoms with E-state index in [1.807, 2.05) is 13.8 Å². The van der Waals surface area contributed by atoms with Gasteiger partial charge < -0.3 is 0 Å². The molecule has 2 aliphatic carbocycles. The molecule has 0 spiro atoms. The molecule has 24 heavy (non-hydrogen) atoms. The van der Waals surface area contributed by atoms with Gasteiger partial charge in [-0.25, -0.2) is 0 Å². The first-order chi connectivity index (χ1) is 11.5. The number of allylic oxidation sites excluding steroid dienone is 8. The second-order valence-electron chi connectivity index (χ2n) is 7.26. The Morgan fingerprint density at radius 3 is 1.83 bits per heavy atom. The van der Waals surface area contributed by atoms with Gasteiger partial charge in [0.05, 0.1) is 0 Å². The molecular weight excluding hydrogens is 288 g/mol. The Kier molecular flexibility index (Phi) is 9.55. The summed E-state index contributed by atoms with van der Waals surface area (Å²) in [5, 5.41) is 0. The van der Waals surface area contributed by atoms with Crippen LogP contribution >= 0.6 is 0 Å². The zero-order valence-corrected chi connectivity index (χ0v) is 16.7. The lowest BCUT2D eigenvalue weighted by molar-refractivity contribution is 0.480. The van der Waals surface area contributed by atoms with E-state index in [2.05, 4.69) is 63.8 Å². The second-order valence-corrected chi connectivity index (χ2v) is 7.26. The summed E-state index contributed by atoms with van der Waals surface area (Å²) in [6.45, 7) is 13.2. The summed E-state index contributed by atoms with van der Waals surface area (Å²) in [6.07, 6.45) is 16.2. The summed E-state index contributed by atoms with van der Waals surface area (Å²) in [4.78, 5) is 0. The van der Waals surface area contributed by atoms with Crippen molar-refractivity contribution < 1.29 is 0 Å². The standard InChI is InChI=1S/C22H30.C2H6/c1-17(2)5-8-19(4)22-15-13-21(14-16-22)12-11-20-9-6-18(3)7-10-20;1-2/h6,9,13,15,17,19H,5,7-8,10,14,16H2,1-4H3;1-2H3. The minimum atomic E-state index is 0.724. The first-order valence-electron chi connectivity index (χ1n) is 9.82. The molecule has 2 aliphatic rings. The van der Waals surface area contributed by atoms with Crippen molar-refractivity contribution in [2.45, 2.75) is 80.1 Å². The topological polar surface area (TPSA) is 0 Å². The van der Waals surface area contributed by atoms with E-state index >= 15 is 0 Å². The average Bonchev–Trinajstić information content (AvgIpc) is 2.61. The van der Waals surface area contributed by atoms with Crippen molar-refractivity contribution in [3.8, 4) is 11.8 Å². The Bertz CT molecular complexity index is 567. The second kappa shape index (κ2) is 11.1. The van der Waals surface area contributed by atoms with Gasteiger partial charge in [-0.1, -0.05) is 88.3 Å². The minimum Gasteiger partial charge on any atom is -0.0729 e. The third-order valence-corrected chi connectivity index (χ3v) is 4.73. The molecule has 0 aromatic heterocycles. The zero-order chi connectivity index (χ0) is 17.9. The molecule has 0 amide bonds. The van der Waals surface area contributed by atoms with Crippen molar-refractivity contribution in [3.05, 3.63) is 46.6 Å². The van der Waals surface area contributed by atoms with E-state index in [1.54, 1.807) is 5.57 Å². The largest absolute Gasteiger partial charge is 0.0729 e. The molecule has 0 aromatic rings. The lowest BCUT2D eigenvalue weighted by Gasteiger charge is -2.19. The van der Waals surface area contributed by atoms with Crippen molar-refractivity contribution in [1.29, 1.82) is 0 Å². The van der Waals surface area contributed by atoms with Gasteiger partial charge in [0.2, 0.25) is 0 Å². The molecule has 1 atom stereocenters. The molecular formula is C24H36. The number of rotatable bonds is 4. The normalized spacial score (nSPS) is 18.1. The summed E-state index contributed by atoms with van der Waals surface area (Å²) in [6, 6.07) is 0. The highest BCUT2D eigenvalue weighted by molar-refractivity contribution is 5.44. The van der Waals surface area contributed by atoms with Crippen LogP contribution in [0.15, 0.2) is 46.6 Å². The van der Waals surface area contributed by atoms with E-state index in [-0.39, 0.29) is 0 Å². The molecule has 0 saturated carbocycles. The first kappa shape index (κ1) is 20.6.